The van der Waals surface area contributed by atoms with E-state index in [0.29, 0.717) is 35.4 Å². The molecular weight excluding hydrogens is 374 g/mol. The molecule has 1 aliphatic rings. The Morgan fingerprint density at radius 1 is 1.27 bits per heavy atom. The van der Waals surface area contributed by atoms with Crippen molar-refractivity contribution in [3.63, 3.8) is 0 Å². The van der Waals surface area contributed by atoms with Gasteiger partial charge in [-0.15, -0.1) is 0 Å². The molecule has 0 aliphatic carbocycles. The minimum absolute atomic E-state index is 0.144. The molecule has 0 spiro atoms. The summed E-state index contributed by atoms with van der Waals surface area (Å²) in [5, 5.41) is 4.22. The summed E-state index contributed by atoms with van der Waals surface area (Å²) < 4.78 is 12.0. The lowest BCUT2D eigenvalue weighted by Gasteiger charge is -2.19. The van der Waals surface area contributed by atoms with Crippen LogP contribution in [-0.2, 0) is 4.79 Å². The van der Waals surface area contributed by atoms with Gasteiger partial charge in [0.15, 0.2) is 16.6 Å². The first-order chi connectivity index (χ1) is 12.6. The second-order valence-electron chi connectivity index (χ2n) is 5.85. The highest BCUT2D eigenvalue weighted by Gasteiger charge is 2.15. The van der Waals surface area contributed by atoms with Gasteiger partial charge < -0.3 is 19.7 Å². The summed E-state index contributed by atoms with van der Waals surface area (Å²) in [5.74, 6) is 1.19. The minimum atomic E-state index is -0.144. The molecule has 0 radical (unpaired) electrons. The quantitative estimate of drug-likeness (QED) is 0.735. The Bertz CT molecular complexity index is 975. The number of nitrogens with zero attached hydrogens (tertiary/aromatic N) is 2. The molecule has 3 aromatic rings. The van der Waals surface area contributed by atoms with Gasteiger partial charge in [0.2, 0.25) is 5.91 Å². The normalized spacial score (nSPS) is 12.8. The Hall–Kier alpha value is -2.51. The van der Waals surface area contributed by atoms with Crippen LogP contribution in [0.3, 0.4) is 0 Å². The number of rotatable bonds is 4. The van der Waals surface area contributed by atoms with Crippen molar-refractivity contribution in [3.05, 3.63) is 41.4 Å². The molecule has 4 rings (SSSR count). The van der Waals surface area contributed by atoms with Crippen LogP contribution in [0.25, 0.3) is 10.2 Å². The fourth-order valence-corrected chi connectivity index (χ4v) is 3.90. The second-order valence-corrected chi connectivity index (χ2v) is 7.26. The van der Waals surface area contributed by atoms with E-state index in [2.05, 4.69) is 10.3 Å². The molecule has 2 heterocycles. The van der Waals surface area contributed by atoms with Crippen LogP contribution in [0.5, 0.6) is 11.5 Å². The van der Waals surface area contributed by atoms with Crippen molar-refractivity contribution in [1.29, 1.82) is 0 Å². The number of aromatic nitrogens is 1. The zero-order valence-corrected chi connectivity index (χ0v) is 15.6. The number of hydrogen-bond acceptors (Lipinski definition) is 6. The van der Waals surface area contributed by atoms with Gasteiger partial charge in [0, 0.05) is 18.8 Å². The Morgan fingerprint density at radius 2 is 2.08 bits per heavy atom. The number of amides is 1. The first kappa shape index (κ1) is 16.9. The SMILES string of the molecule is CN(CC(=O)Nc1ccc2c(c1)OCCO2)c1nc2c(Cl)cccc2s1. The molecule has 1 aliphatic heterocycles. The maximum atomic E-state index is 12.4. The fraction of sp³-hybridized carbons (Fsp3) is 0.222. The van der Waals surface area contributed by atoms with Crippen LogP contribution in [-0.4, -0.2) is 37.7 Å². The van der Waals surface area contributed by atoms with Crippen LogP contribution in [0.2, 0.25) is 5.02 Å². The van der Waals surface area contributed by atoms with Crippen molar-refractivity contribution in [2.75, 3.05) is 37.0 Å². The van der Waals surface area contributed by atoms with Crippen LogP contribution in [0, 0.1) is 0 Å². The number of halogens is 1. The smallest absolute Gasteiger partial charge is 0.243 e. The number of anilines is 2. The van der Waals surface area contributed by atoms with Crippen molar-refractivity contribution in [1.82, 2.24) is 4.98 Å². The van der Waals surface area contributed by atoms with Crippen LogP contribution in [0.1, 0.15) is 0 Å². The van der Waals surface area contributed by atoms with Gasteiger partial charge in [-0.3, -0.25) is 4.79 Å². The van der Waals surface area contributed by atoms with Gasteiger partial charge in [-0.25, -0.2) is 4.98 Å². The number of likely N-dealkylation sites (N-methyl/N-ethyl adjacent to an activating group) is 1. The summed E-state index contributed by atoms with van der Waals surface area (Å²) in [6.45, 7) is 1.22. The van der Waals surface area contributed by atoms with Gasteiger partial charge >= 0.3 is 0 Å². The molecule has 0 saturated carbocycles. The first-order valence-electron chi connectivity index (χ1n) is 8.06. The number of para-hydroxylation sites is 1. The average Bonchev–Trinajstić information content (AvgIpc) is 3.07. The molecule has 134 valence electrons. The maximum absolute atomic E-state index is 12.4. The minimum Gasteiger partial charge on any atom is -0.486 e. The monoisotopic (exact) mass is 389 g/mol. The third-order valence-corrected chi connectivity index (χ3v) is 5.33. The largest absolute Gasteiger partial charge is 0.486 e. The molecule has 0 saturated heterocycles. The Balaban J connectivity index is 1.44. The van der Waals surface area contributed by atoms with E-state index in [1.807, 2.05) is 25.2 Å². The van der Waals surface area contributed by atoms with Crippen LogP contribution in [0.15, 0.2) is 36.4 Å². The molecule has 2 aromatic carbocycles. The standard InChI is InChI=1S/C18H16ClN3O3S/c1-22(18-21-17-12(19)3-2-4-15(17)26-18)10-16(23)20-11-5-6-13-14(9-11)25-8-7-24-13/h2-6,9H,7-8,10H2,1H3,(H,20,23). The lowest BCUT2D eigenvalue weighted by atomic mass is 10.2. The molecule has 8 heteroatoms. The van der Waals surface area contributed by atoms with E-state index in [1.54, 1.807) is 23.1 Å². The predicted octanol–water partition coefficient (Wildman–Crippen LogP) is 3.80. The van der Waals surface area contributed by atoms with Crippen molar-refractivity contribution in [2.45, 2.75) is 0 Å². The fourth-order valence-electron chi connectivity index (χ4n) is 2.67. The van der Waals surface area contributed by atoms with Gasteiger partial charge in [0.25, 0.3) is 0 Å². The number of carbonyl (C=O) groups excluding carboxylic acids is 1. The highest BCUT2D eigenvalue weighted by Crippen LogP contribution is 2.33. The number of fused-ring (bicyclic) bond motifs is 2. The van der Waals surface area contributed by atoms with E-state index in [0.717, 1.165) is 15.3 Å². The molecular formula is C18H16ClN3O3S. The van der Waals surface area contributed by atoms with Gasteiger partial charge in [-0.05, 0) is 24.3 Å². The third kappa shape index (κ3) is 3.40. The van der Waals surface area contributed by atoms with Crippen molar-refractivity contribution in [2.24, 2.45) is 0 Å². The second kappa shape index (κ2) is 7.01. The summed E-state index contributed by atoms with van der Waals surface area (Å²) in [5.41, 5.74) is 1.42. The molecule has 6 nitrogen and oxygen atoms in total. The zero-order chi connectivity index (χ0) is 18.1. The summed E-state index contributed by atoms with van der Waals surface area (Å²) >= 11 is 7.67. The molecule has 0 atom stereocenters. The summed E-state index contributed by atoms with van der Waals surface area (Å²) in [4.78, 5) is 18.7. The first-order valence-corrected chi connectivity index (χ1v) is 9.25. The average molecular weight is 390 g/mol. The Labute approximate surface area is 159 Å². The van der Waals surface area contributed by atoms with E-state index >= 15 is 0 Å². The van der Waals surface area contributed by atoms with Gasteiger partial charge in [0.1, 0.15) is 18.7 Å². The lowest BCUT2D eigenvalue weighted by molar-refractivity contribution is -0.114. The Morgan fingerprint density at radius 3 is 2.88 bits per heavy atom. The van der Waals surface area contributed by atoms with E-state index in [1.165, 1.54) is 11.3 Å². The van der Waals surface area contributed by atoms with Crippen molar-refractivity contribution in [3.8, 4) is 11.5 Å². The summed E-state index contributed by atoms with van der Waals surface area (Å²) in [7, 11) is 1.83. The van der Waals surface area contributed by atoms with E-state index in [9.17, 15) is 4.79 Å². The van der Waals surface area contributed by atoms with E-state index in [4.69, 9.17) is 21.1 Å². The molecule has 0 bridgehead atoms. The summed E-state index contributed by atoms with van der Waals surface area (Å²) in [6, 6.07) is 11.0. The molecule has 1 amide bonds. The van der Waals surface area contributed by atoms with E-state index in [-0.39, 0.29) is 12.5 Å². The van der Waals surface area contributed by atoms with Crippen molar-refractivity contribution >= 4 is 49.9 Å². The number of benzene rings is 2. The topological polar surface area (TPSA) is 63.7 Å². The van der Waals surface area contributed by atoms with Gasteiger partial charge in [0.05, 0.1) is 16.3 Å². The number of thiazole rings is 1. The predicted molar refractivity (Wildman–Crippen MR) is 104 cm³/mol. The van der Waals surface area contributed by atoms with Crippen LogP contribution >= 0.6 is 22.9 Å². The van der Waals surface area contributed by atoms with Crippen LogP contribution in [0.4, 0.5) is 10.8 Å². The maximum Gasteiger partial charge on any atom is 0.243 e. The highest BCUT2D eigenvalue weighted by atomic mass is 35.5. The number of ether oxygens (including phenoxy) is 2. The third-order valence-electron chi connectivity index (χ3n) is 3.89. The molecule has 1 N–H and O–H groups in total. The van der Waals surface area contributed by atoms with Gasteiger partial charge in [-0.2, -0.15) is 0 Å². The van der Waals surface area contributed by atoms with Crippen LogP contribution < -0.4 is 19.7 Å². The molecule has 0 fully saturated rings. The van der Waals surface area contributed by atoms with E-state index < -0.39 is 0 Å². The van der Waals surface area contributed by atoms with Gasteiger partial charge in [-0.1, -0.05) is 29.0 Å². The lowest BCUT2D eigenvalue weighted by Crippen LogP contribution is -2.30. The summed E-state index contributed by atoms with van der Waals surface area (Å²) in [6.07, 6.45) is 0. The number of hydrogen-bond donors (Lipinski definition) is 1. The highest BCUT2D eigenvalue weighted by molar-refractivity contribution is 7.22. The number of nitrogens with one attached hydrogen (secondary N) is 1. The zero-order valence-electron chi connectivity index (χ0n) is 14.0. The molecule has 0 unspecified atom stereocenters. The Kier molecular flexibility index (Phi) is 4.57. The van der Waals surface area contributed by atoms with Crippen molar-refractivity contribution < 1.29 is 14.3 Å². The number of carbonyl (C=O) groups is 1. The molecule has 26 heavy (non-hydrogen) atoms. The molecule has 1 aromatic heterocycles.